The van der Waals surface area contributed by atoms with Crippen molar-refractivity contribution in [2.45, 2.75) is 65.2 Å². The zero-order valence-electron chi connectivity index (χ0n) is 20.3. The molecule has 1 heterocycles. The van der Waals surface area contributed by atoms with Gasteiger partial charge in [0.2, 0.25) is 0 Å². The molecule has 180 valence electrons. The lowest BCUT2D eigenvalue weighted by atomic mass is 10.0. The molecule has 3 rings (SSSR count). The first kappa shape index (κ1) is 25.4. The third kappa shape index (κ3) is 6.20. The third-order valence-corrected chi connectivity index (χ3v) is 5.27. The predicted molar refractivity (Wildman–Crippen MR) is 133 cm³/mol. The number of aromatic nitrogens is 1. The smallest absolute Gasteiger partial charge is 0.313 e. The summed E-state index contributed by atoms with van der Waals surface area (Å²) in [5.41, 5.74) is 2.98. The first-order valence-electron chi connectivity index (χ1n) is 11.4. The van der Waals surface area contributed by atoms with Gasteiger partial charge in [-0.25, -0.2) is 4.39 Å². The molecule has 1 aromatic heterocycles. The highest BCUT2D eigenvalue weighted by Gasteiger charge is 2.21. The number of carbonyl (C=O) groups excluding carboxylic acids is 2. The van der Waals surface area contributed by atoms with Gasteiger partial charge in [0.1, 0.15) is 23.6 Å². The summed E-state index contributed by atoms with van der Waals surface area (Å²) in [6, 6.07) is 14.4. The zero-order valence-corrected chi connectivity index (χ0v) is 20.3. The number of halogens is 1. The van der Waals surface area contributed by atoms with Gasteiger partial charge in [-0.2, -0.15) is 0 Å². The van der Waals surface area contributed by atoms with Crippen LogP contribution in [0.5, 0.6) is 0 Å². The number of carbonyl (C=O) groups is 2. The molecule has 1 N–H and O–H groups in total. The number of ketones is 1. The van der Waals surface area contributed by atoms with Crippen LogP contribution in [-0.2, 0) is 14.3 Å². The maximum absolute atomic E-state index is 13.6. The fraction of sp³-hybridized carbons (Fsp3) is 0.357. The molecule has 0 amide bonds. The van der Waals surface area contributed by atoms with E-state index in [1.165, 1.54) is 12.1 Å². The minimum atomic E-state index is -1.06. The molecule has 0 fully saturated rings. The van der Waals surface area contributed by atoms with Crippen molar-refractivity contribution in [2.24, 2.45) is 0 Å². The standard InChI is InChI=1S/C28H32FNO4/c1-18(2)30-24-9-7-6-8-23(24)27(19-10-12-20(29)13-11-19)25(30)15-14-21(31)16-22(32)17-26(33)34-28(3,4)5/h6-15,18,21,31H,16-17H2,1-5H3/t21-/m1/s1. The Morgan fingerprint density at radius 1 is 1.09 bits per heavy atom. The summed E-state index contributed by atoms with van der Waals surface area (Å²) < 4.78 is 20.9. The van der Waals surface area contributed by atoms with Gasteiger partial charge in [0.05, 0.1) is 6.10 Å². The Morgan fingerprint density at radius 2 is 1.74 bits per heavy atom. The van der Waals surface area contributed by atoms with Gasteiger partial charge in [0, 0.05) is 34.6 Å². The Morgan fingerprint density at radius 3 is 2.35 bits per heavy atom. The molecule has 0 aliphatic rings. The van der Waals surface area contributed by atoms with E-state index in [9.17, 15) is 19.1 Å². The summed E-state index contributed by atoms with van der Waals surface area (Å²) in [5.74, 6) is -1.31. The average Bonchev–Trinajstić information content (AvgIpc) is 3.05. The Balaban J connectivity index is 1.92. The second kappa shape index (κ2) is 10.3. The van der Waals surface area contributed by atoms with Crippen LogP contribution in [0.3, 0.4) is 0 Å². The van der Waals surface area contributed by atoms with Crippen LogP contribution in [-0.4, -0.2) is 33.1 Å². The quantitative estimate of drug-likeness (QED) is 0.323. The van der Waals surface area contributed by atoms with Crippen LogP contribution in [0, 0.1) is 5.82 Å². The summed E-state index contributed by atoms with van der Waals surface area (Å²) in [6.07, 6.45) is 1.73. The number of hydrogen-bond donors (Lipinski definition) is 1. The lowest BCUT2D eigenvalue weighted by molar-refractivity contribution is -0.156. The van der Waals surface area contributed by atoms with E-state index >= 15 is 0 Å². The van der Waals surface area contributed by atoms with Crippen LogP contribution in [0.25, 0.3) is 28.1 Å². The van der Waals surface area contributed by atoms with Crippen LogP contribution < -0.4 is 0 Å². The number of nitrogens with zero attached hydrogens (tertiary/aromatic N) is 1. The van der Waals surface area contributed by atoms with Crippen LogP contribution >= 0.6 is 0 Å². The monoisotopic (exact) mass is 465 g/mol. The summed E-state index contributed by atoms with van der Waals surface area (Å²) >= 11 is 0. The Bertz CT molecular complexity index is 1200. The molecule has 0 spiro atoms. The van der Waals surface area contributed by atoms with Gasteiger partial charge < -0.3 is 14.4 Å². The van der Waals surface area contributed by atoms with Crippen LogP contribution in [0.15, 0.2) is 54.6 Å². The minimum absolute atomic E-state index is 0.115. The van der Waals surface area contributed by atoms with Crippen molar-refractivity contribution < 1.29 is 23.8 Å². The molecule has 0 aliphatic heterocycles. The molecule has 6 heteroatoms. The van der Waals surface area contributed by atoms with Gasteiger partial charge in [-0.3, -0.25) is 9.59 Å². The van der Waals surface area contributed by atoms with Gasteiger partial charge in [0.25, 0.3) is 0 Å². The summed E-state index contributed by atoms with van der Waals surface area (Å²) in [4.78, 5) is 24.2. The fourth-order valence-corrected chi connectivity index (χ4v) is 4.04. The van der Waals surface area contributed by atoms with Crippen LogP contribution in [0.4, 0.5) is 4.39 Å². The fourth-order valence-electron chi connectivity index (χ4n) is 4.04. The van der Waals surface area contributed by atoms with Crippen molar-refractivity contribution in [2.75, 3.05) is 0 Å². The normalized spacial score (nSPS) is 13.1. The Hall–Kier alpha value is -3.25. The second-order valence-electron chi connectivity index (χ2n) is 9.68. The predicted octanol–water partition coefficient (Wildman–Crippen LogP) is 6.09. The third-order valence-electron chi connectivity index (χ3n) is 5.27. The van der Waals surface area contributed by atoms with E-state index in [1.54, 1.807) is 45.1 Å². The van der Waals surface area contributed by atoms with E-state index in [0.717, 1.165) is 27.7 Å². The van der Waals surface area contributed by atoms with Gasteiger partial charge in [0.15, 0.2) is 0 Å². The van der Waals surface area contributed by atoms with Crippen molar-refractivity contribution in [3.8, 4) is 11.1 Å². The number of Topliss-reactive ketones (excluding diaryl/α,β-unsaturated/α-hetero) is 1. The zero-order chi connectivity index (χ0) is 25.0. The van der Waals surface area contributed by atoms with E-state index in [-0.39, 0.29) is 24.7 Å². The molecular formula is C28H32FNO4. The van der Waals surface area contributed by atoms with Gasteiger partial charge >= 0.3 is 5.97 Å². The van der Waals surface area contributed by atoms with Crippen molar-refractivity contribution in [1.29, 1.82) is 0 Å². The number of fused-ring (bicyclic) bond motifs is 1. The largest absolute Gasteiger partial charge is 0.460 e. The molecule has 0 radical (unpaired) electrons. The van der Waals surface area contributed by atoms with Gasteiger partial charge in [-0.05, 0) is 64.5 Å². The second-order valence-corrected chi connectivity index (χ2v) is 9.68. The molecule has 3 aromatic rings. The van der Waals surface area contributed by atoms with E-state index < -0.39 is 23.5 Å². The molecule has 34 heavy (non-hydrogen) atoms. The molecule has 0 unspecified atom stereocenters. The van der Waals surface area contributed by atoms with Gasteiger partial charge in [-0.1, -0.05) is 36.4 Å². The van der Waals surface area contributed by atoms with E-state index in [1.807, 2.05) is 24.3 Å². The van der Waals surface area contributed by atoms with Crippen molar-refractivity contribution in [3.63, 3.8) is 0 Å². The van der Waals surface area contributed by atoms with Crippen molar-refractivity contribution >= 4 is 28.7 Å². The number of benzene rings is 2. The van der Waals surface area contributed by atoms with E-state index in [0.29, 0.717) is 0 Å². The highest BCUT2D eigenvalue weighted by molar-refractivity contribution is 6.01. The first-order valence-corrected chi connectivity index (χ1v) is 11.4. The van der Waals surface area contributed by atoms with E-state index in [4.69, 9.17) is 4.74 Å². The molecule has 5 nitrogen and oxygen atoms in total. The number of hydrogen-bond acceptors (Lipinski definition) is 4. The number of esters is 1. The first-order chi connectivity index (χ1) is 16.0. The molecule has 1 atom stereocenters. The number of aliphatic hydroxyl groups is 1. The molecule has 2 aromatic carbocycles. The van der Waals surface area contributed by atoms with Gasteiger partial charge in [-0.15, -0.1) is 0 Å². The van der Waals surface area contributed by atoms with E-state index in [2.05, 4.69) is 18.4 Å². The van der Waals surface area contributed by atoms with Crippen molar-refractivity contribution in [3.05, 3.63) is 66.1 Å². The number of ether oxygens (including phenoxy) is 1. The average molecular weight is 466 g/mol. The number of rotatable bonds is 8. The SMILES string of the molecule is CC(C)n1c(C=C[C@@H](O)CC(=O)CC(=O)OC(C)(C)C)c(-c2ccc(F)cc2)c2ccccc21. The Kier molecular flexibility index (Phi) is 7.72. The number of aliphatic hydroxyl groups excluding tert-OH is 1. The topological polar surface area (TPSA) is 68.5 Å². The summed E-state index contributed by atoms with van der Waals surface area (Å²) in [7, 11) is 0. The molecular weight excluding hydrogens is 433 g/mol. The maximum atomic E-state index is 13.6. The van der Waals surface area contributed by atoms with Crippen LogP contribution in [0.2, 0.25) is 0 Å². The summed E-state index contributed by atoms with van der Waals surface area (Å²) in [5, 5.41) is 11.5. The highest BCUT2D eigenvalue weighted by atomic mass is 19.1. The molecule has 0 saturated heterocycles. The minimum Gasteiger partial charge on any atom is -0.460 e. The molecule has 0 aliphatic carbocycles. The Labute approximate surface area is 199 Å². The van der Waals surface area contributed by atoms with Crippen LogP contribution in [0.1, 0.15) is 59.2 Å². The number of para-hydroxylation sites is 1. The molecule has 0 bridgehead atoms. The maximum Gasteiger partial charge on any atom is 0.313 e. The lowest BCUT2D eigenvalue weighted by Gasteiger charge is -2.19. The molecule has 0 saturated carbocycles. The summed E-state index contributed by atoms with van der Waals surface area (Å²) in [6.45, 7) is 9.34. The van der Waals surface area contributed by atoms with Crippen molar-refractivity contribution in [1.82, 2.24) is 4.57 Å². The lowest BCUT2D eigenvalue weighted by Crippen LogP contribution is -2.26. The highest BCUT2D eigenvalue weighted by Crippen LogP contribution is 2.38.